The summed E-state index contributed by atoms with van der Waals surface area (Å²) in [6.45, 7) is 26.4. The lowest BCUT2D eigenvalue weighted by Gasteiger charge is -2.37. The fourth-order valence-corrected chi connectivity index (χ4v) is 18.7. The molecule has 0 rings (SSSR count). The van der Waals surface area contributed by atoms with Crippen LogP contribution in [-0.4, -0.2) is 94.4 Å². The van der Waals surface area contributed by atoms with Gasteiger partial charge in [-0.3, -0.25) is 22.8 Å². The summed E-state index contributed by atoms with van der Waals surface area (Å²) in [5.41, 5.74) is -3.20. The van der Waals surface area contributed by atoms with Gasteiger partial charge in [-0.05, 0) is 96.3 Å². The average Bonchev–Trinajstić information content (AvgIpc) is 3.33. The molecule has 428 valence electrons. The Morgan fingerprint density at radius 1 is 0.282 bits per heavy atom. The summed E-state index contributed by atoms with van der Waals surface area (Å²) >= 11 is 0. The molecule has 0 saturated heterocycles. The molecule has 0 amide bonds. The third kappa shape index (κ3) is 29.9. The van der Waals surface area contributed by atoms with Crippen molar-refractivity contribution in [1.82, 2.24) is 0 Å². The smallest absolute Gasteiger partial charge is 0.328 e. The molecule has 6 atom stereocenters. The maximum Gasteiger partial charge on any atom is 0.334 e. The lowest BCUT2D eigenvalue weighted by Crippen LogP contribution is -2.32. The summed E-state index contributed by atoms with van der Waals surface area (Å²) in [5.74, 6) is 0. The Labute approximate surface area is 437 Å². The highest BCUT2D eigenvalue weighted by Gasteiger charge is 2.51. The number of unbranched alkanes of at least 4 members (excludes halogenated alkanes) is 10. The van der Waals surface area contributed by atoms with Gasteiger partial charge in [-0.2, -0.15) is 0 Å². The number of hydrogen-bond acceptors (Lipinski definition) is 14. The van der Waals surface area contributed by atoms with Crippen LogP contribution in [0.4, 0.5) is 0 Å². The van der Waals surface area contributed by atoms with E-state index in [4.69, 9.17) is 40.7 Å². The van der Waals surface area contributed by atoms with Crippen molar-refractivity contribution in [2.24, 2.45) is 0 Å². The highest BCUT2D eigenvalue weighted by atomic mass is 31.2. The van der Waals surface area contributed by atoms with E-state index in [1.54, 1.807) is 6.66 Å². The van der Waals surface area contributed by atoms with E-state index < -0.39 is 60.4 Å². The van der Waals surface area contributed by atoms with Crippen LogP contribution in [0.5, 0.6) is 0 Å². The maximum absolute atomic E-state index is 15.8. The number of rotatable bonds is 53. The maximum atomic E-state index is 15.8. The van der Waals surface area contributed by atoms with Gasteiger partial charge in [0.2, 0.25) is 7.37 Å². The van der Waals surface area contributed by atoms with Gasteiger partial charge in [0, 0.05) is 12.3 Å². The van der Waals surface area contributed by atoms with Crippen LogP contribution in [0.15, 0.2) is 0 Å². The van der Waals surface area contributed by atoms with Gasteiger partial charge in [0.05, 0.1) is 82.1 Å². The van der Waals surface area contributed by atoms with Gasteiger partial charge < -0.3 is 40.7 Å². The lowest BCUT2D eigenvalue weighted by atomic mass is 10.0. The summed E-state index contributed by atoms with van der Waals surface area (Å²) < 4.78 is 132. The molecule has 19 heteroatoms. The summed E-state index contributed by atoms with van der Waals surface area (Å²) in [6.07, 6.45) is 17.2. The van der Waals surface area contributed by atoms with Gasteiger partial charge in [-0.25, -0.2) is 0 Å². The van der Waals surface area contributed by atoms with Gasteiger partial charge in [-0.1, -0.05) is 147 Å². The molecule has 0 heterocycles. The SMILES string of the molecule is CCCCOP(C)(=O)C(C)CCC(CCCCC(C(CCC(C)P(=O)(OCCCC)OCCCC)P(=O)(OCCCC)OCCCC)P(=O)(OCCCC)OCCCC)P(=O)(OCCCC)OCCCC. The molecule has 0 aromatic carbocycles. The van der Waals surface area contributed by atoms with Crippen LogP contribution in [0, 0.1) is 0 Å². The zero-order valence-corrected chi connectivity index (χ0v) is 52.1. The Hall–Kier alpha value is 0.790. The second-order valence-electron chi connectivity index (χ2n) is 19.7. The fraction of sp³-hybridized carbons (Fsp3) is 1.00. The molecule has 0 aromatic heterocycles. The highest BCUT2D eigenvalue weighted by Crippen LogP contribution is 2.68. The molecule has 0 aromatic rings. The molecule has 0 aliphatic carbocycles. The Kier molecular flexibility index (Phi) is 43.2. The summed E-state index contributed by atoms with van der Waals surface area (Å²) in [7, 11) is -18.4. The first-order valence-electron chi connectivity index (χ1n) is 28.7. The fourth-order valence-electron chi connectivity index (χ4n) is 7.76. The van der Waals surface area contributed by atoms with E-state index in [-0.39, 0.29) is 51.3 Å². The third-order valence-corrected chi connectivity index (χ3v) is 25.9. The van der Waals surface area contributed by atoms with E-state index in [9.17, 15) is 9.13 Å². The van der Waals surface area contributed by atoms with Crippen molar-refractivity contribution in [2.45, 2.75) is 271 Å². The monoisotopic (exact) mass is 1110 g/mol. The molecule has 14 nitrogen and oxygen atoms in total. The zero-order chi connectivity index (χ0) is 53.5. The van der Waals surface area contributed by atoms with Crippen molar-refractivity contribution in [3.63, 3.8) is 0 Å². The predicted molar refractivity (Wildman–Crippen MR) is 299 cm³/mol. The molecule has 0 N–H and O–H groups in total. The van der Waals surface area contributed by atoms with Gasteiger partial charge >= 0.3 is 30.4 Å². The van der Waals surface area contributed by atoms with Gasteiger partial charge in [-0.15, -0.1) is 0 Å². The van der Waals surface area contributed by atoms with Crippen LogP contribution in [-0.2, 0) is 63.5 Å². The van der Waals surface area contributed by atoms with Gasteiger partial charge in [0.15, 0.2) is 0 Å². The van der Waals surface area contributed by atoms with Crippen LogP contribution in [0.2, 0.25) is 0 Å². The van der Waals surface area contributed by atoms with E-state index in [1.807, 2.05) is 41.5 Å². The molecule has 0 aliphatic rings. The molecule has 0 radical (unpaired) electrons. The van der Waals surface area contributed by atoms with Crippen LogP contribution >= 0.6 is 37.8 Å². The Balaban J connectivity index is 7.70. The molecular formula is C52H111O14P5. The summed E-state index contributed by atoms with van der Waals surface area (Å²) in [5, 5.41) is 0. The van der Waals surface area contributed by atoms with E-state index >= 15 is 13.7 Å². The van der Waals surface area contributed by atoms with E-state index in [1.165, 1.54) is 0 Å². The first-order valence-corrected chi connectivity index (χ1v) is 37.3. The first-order chi connectivity index (χ1) is 33.9. The summed E-state index contributed by atoms with van der Waals surface area (Å²) in [4.78, 5) is 0. The van der Waals surface area contributed by atoms with Crippen LogP contribution in [0.1, 0.15) is 243 Å². The van der Waals surface area contributed by atoms with Gasteiger partial charge in [0.25, 0.3) is 0 Å². The van der Waals surface area contributed by atoms with Crippen molar-refractivity contribution >= 4 is 37.8 Å². The molecular weight excluding hydrogens is 1000 g/mol. The van der Waals surface area contributed by atoms with Crippen molar-refractivity contribution in [3.8, 4) is 0 Å². The minimum atomic E-state index is -4.08. The molecule has 6 unspecified atom stereocenters. The van der Waals surface area contributed by atoms with Gasteiger partial charge in [0.1, 0.15) is 0 Å². The van der Waals surface area contributed by atoms with Crippen LogP contribution in [0.3, 0.4) is 0 Å². The minimum absolute atomic E-state index is 0.182. The highest BCUT2D eigenvalue weighted by molar-refractivity contribution is 7.59. The normalized spacial score (nSPS) is 15.9. The van der Waals surface area contributed by atoms with Crippen LogP contribution < -0.4 is 0 Å². The molecule has 0 spiro atoms. The average molecular weight is 1120 g/mol. The standard InChI is InChI=1S/C52H111O14P5/c1-13-22-39-58-67(12,53)48(10)35-37-50(69(55,61-42-25-16-4)62-43-26-17-5)33-31-32-34-51(70(56,63-44-27-18-6)64-45-28-19-7)52(71(57,65-46-29-20-8)66-47-30-21-9)38-36-49(11)68(54,59-40-23-14-2)60-41-24-15-3/h48-52H,13-47H2,1-12H3. The minimum Gasteiger partial charge on any atom is -0.328 e. The molecule has 0 bridgehead atoms. The van der Waals surface area contributed by atoms with Crippen molar-refractivity contribution in [2.75, 3.05) is 66.1 Å². The zero-order valence-electron chi connectivity index (χ0n) is 47.6. The topological polar surface area (TPSA) is 168 Å². The Morgan fingerprint density at radius 3 is 0.887 bits per heavy atom. The quantitative estimate of drug-likeness (QED) is 0.0416. The Morgan fingerprint density at radius 2 is 0.549 bits per heavy atom. The summed E-state index contributed by atoms with van der Waals surface area (Å²) in [6, 6.07) is 0. The number of hydrogen-bond donors (Lipinski definition) is 0. The first kappa shape index (κ1) is 71.8. The molecule has 0 saturated carbocycles. The second-order valence-corrected chi connectivity index (χ2v) is 32.0. The molecule has 0 aliphatic heterocycles. The lowest BCUT2D eigenvalue weighted by molar-refractivity contribution is 0.172. The van der Waals surface area contributed by atoms with Crippen molar-refractivity contribution in [1.29, 1.82) is 0 Å². The van der Waals surface area contributed by atoms with E-state index in [2.05, 4.69) is 34.6 Å². The Bertz CT molecular complexity index is 1460. The third-order valence-electron chi connectivity index (χ3n) is 13.1. The van der Waals surface area contributed by atoms with Crippen molar-refractivity contribution in [3.05, 3.63) is 0 Å². The molecule has 71 heavy (non-hydrogen) atoms. The van der Waals surface area contributed by atoms with Crippen LogP contribution in [0.25, 0.3) is 0 Å². The van der Waals surface area contributed by atoms with E-state index in [0.29, 0.717) is 90.8 Å². The second kappa shape index (κ2) is 42.8. The largest absolute Gasteiger partial charge is 0.334 e. The van der Waals surface area contributed by atoms with E-state index in [0.717, 1.165) is 89.9 Å². The van der Waals surface area contributed by atoms with Crippen molar-refractivity contribution < 1.29 is 63.5 Å². The predicted octanol–water partition coefficient (Wildman–Crippen LogP) is 19.0. The molecule has 0 fully saturated rings.